The molecule has 1 heterocycles. The van der Waals surface area contributed by atoms with Crippen molar-refractivity contribution in [3.05, 3.63) is 65.7 Å². The van der Waals surface area contributed by atoms with Crippen LogP contribution >= 0.6 is 0 Å². The number of nitrogens with two attached hydrogens (primary N) is 2. The number of carbonyl (C=O) groups excluding carboxylic acids is 6. The maximum Gasteiger partial charge on any atom is 0.326 e. The highest BCUT2D eigenvalue weighted by atomic mass is 16.4. The second-order valence-corrected chi connectivity index (χ2v) is 15.3. The molecule has 61 heavy (non-hydrogen) atoms. The first-order valence-electron chi connectivity index (χ1n) is 20.6. The van der Waals surface area contributed by atoms with Crippen LogP contribution in [0.2, 0.25) is 0 Å². The number of hydrogen-bond donors (Lipinski definition) is 10. The van der Waals surface area contributed by atoms with Crippen LogP contribution in [0.25, 0.3) is 0 Å². The lowest BCUT2D eigenvalue weighted by atomic mass is 9.96. The van der Waals surface area contributed by atoms with Gasteiger partial charge >= 0.3 is 12.0 Å². The smallest absolute Gasteiger partial charge is 0.326 e. The number of nitrogens with zero attached hydrogens (tertiary/aromatic N) is 2. The molecule has 12 N–H and O–H groups in total. The molecule has 334 valence electrons. The summed E-state index contributed by atoms with van der Waals surface area (Å²) in [4.78, 5) is 100. The largest absolute Gasteiger partial charge is 0.508 e. The molecule has 3 rings (SSSR count). The Morgan fingerprint density at radius 1 is 0.902 bits per heavy atom. The van der Waals surface area contributed by atoms with E-state index in [4.69, 9.17) is 11.5 Å². The number of hydrogen-bond acceptors (Lipinski definition) is 9. The van der Waals surface area contributed by atoms with E-state index in [1.165, 1.54) is 31.0 Å². The average Bonchev–Trinajstić information content (AvgIpc) is 3.23. The summed E-state index contributed by atoms with van der Waals surface area (Å²) in [6.07, 6.45) is 1.85. The highest BCUT2D eigenvalue weighted by Crippen LogP contribution is 2.16. The number of urea groups is 1. The fraction of sp³-hybridized carbons (Fsp3) is 0.524. The van der Waals surface area contributed by atoms with E-state index in [2.05, 4.69) is 36.9 Å². The van der Waals surface area contributed by atoms with E-state index >= 15 is 0 Å². The molecule has 19 heteroatoms. The van der Waals surface area contributed by atoms with E-state index in [1.54, 1.807) is 19.1 Å². The quantitative estimate of drug-likeness (QED) is 0.0705. The number of carboxylic acid groups (broad SMARTS) is 1. The summed E-state index contributed by atoms with van der Waals surface area (Å²) in [5.41, 5.74) is 12.2. The third-order valence-electron chi connectivity index (χ3n) is 10.7. The summed E-state index contributed by atoms with van der Waals surface area (Å²) in [5, 5.41) is 35.7. The lowest BCUT2D eigenvalue weighted by molar-refractivity contribution is -0.142. The third kappa shape index (κ3) is 16.3. The molecule has 0 spiro atoms. The number of aryl methyl sites for hydroxylation is 1. The van der Waals surface area contributed by atoms with Crippen LogP contribution in [-0.4, -0.2) is 119 Å². The first-order chi connectivity index (χ1) is 29.0. The molecule has 0 unspecified atom stereocenters. The SMILES string of the molecule is CC[C@H](C)[C@@H]1NC(=O)[C@H](NC(=O)N[C@@H](CCCN=C(N)N)C(=O)O)CCCCNC(=O)[C@H](Cc2ccccc2)NC(=O)[C@H](C)N(C)C(=O)[C@@H](CCc2ccc(O)cc2)NC1=O. The maximum absolute atomic E-state index is 14.2. The van der Waals surface area contributed by atoms with Crippen LogP contribution in [0.15, 0.2) is 59.6 Å². The standard InChI is InChI=1S/C42H62N10O9/c1-5-25(2)34-38(57)47-31(21-18-27-16-19-29(53)20-17-27)39(58)52(4)26(3)35(54)48-33(24-28-12-7-6-8-13-28)36(55)45-22-10-9-14-30(37(56)51-34)49-42(61)50-32(40(59)60)15-11-23-46-41(43)44/h6-8,12-13,16-17,19-20,25-26,30-34,53H,5,9-11,14-15,18,21-24H2,1-4H3,(H,45,55)(H,47,57)(H,48,54)(H,51,56)(H,59,60)(H4,43,44,46)(H2,49,50,61)/t25-,26-,30+,31+,32-,33-,34-/m0/s1. The van der Waals surface area contributed by atoms with Gasteiger partial charge in [-0.2, -0.15) is 0 Å². The highest BCUT2D eigenvalue weighted by molar-refractivity contribution is 5.96. The molecule has 2 aromatic rings. The summed E-state index contributed by atoms with van der Waals surface area (Å²) >= 11 is 0. The number of aliphatic carboxylic acids is 1. The Morgan fingerprint density at radius 3 is 2.21 bits per heavy atom. The monoisotopic (exact) mass is 850 g/mol. The van der Waals surface area contributed by atoms with E-state index in [9.17, 15) is 43.8 Å². The van der Waals surface area contributed by atoms with Gasteiger partial charge in [-0.15, -0.1) is 0 Å². The van der Waals surface area contributed by atoms with Crippen molar-refractivity contribution in [2.45, 2.75) is 115 Å². The van der Waals surface area contributed by atoms with Crippen molar-refractivity contribution in [1.29, 1.82) is 0 Å². The van der Waals surface area contributed by atoms with E-state index in [0.717, 1.165) is 11.1 Å². The van der Waals surface area contributed by atoms with Crippen LogP contribution in [0.4, 0.5) is 4.79 Å². The molecule has 7 amide bonds. The number of likely N-dealkylation sites (N-methyl/N-ethyl adjacent to an activating group) is 1. The topological polar surface area (TPSA) is 300 Å². The Kier molecular flexibility index (Phi) is 19.8. The number of aliphatic imine (C=N–C) groups is 1. The van der Waals surface area contributed by atoms with Crippen LogP contribution < -0.4 is 43.4 Å². The molecule has 0 aromatic heterocycles. The van der Waals surface area contributed by atoms with Crippen molar-refractivity contribution in [3.8, 4) is 5.75 Å². The van der Waals surface area contributed by atoms with E-state index in [-0.39, 0.29) is 63.3 Å². The van der Waals surface area contributed by atoms with E-state index in [1.807, 2.05) is 37.3 Å². The molecule has 2 aromatic carbocycles. The number of nitrogens with one attached hydrogen (secondary N) is 6. The van der Waals surface area contributed by atoms with Gasteiger partial charge in [0.15, 0.2) is 5.96 Å². The summed E-state index contributed by atoms with van der Waals surface area (Å²) in [6, 6.07) is 7.46. The fourth-order valence-corrected chi connectivity index (χ4v) is 6.61. The van der Waals surface area contributed by atoms with Crippen molar-refractivity contribution in [2.75, 3.05) is 20.1 Å². The Balaban J connectivity index is 1.97. The van der Waals surface area contributed by atoms with Gasteiger partial charge in [0.05, 0.1) is 0 Å². The number of carboxylic acids is 1. The summed E-state index contributed by atoms with van der Waals surface area (Å²) in [5.74, 6) is -4.96. The number of carbonyl (C=O) groups is 7. The summed E-state index contributed by atoms with van der Waals surface area (Å²) in [6.45, 7) is 5.36. The first kappa shape index (κ1) is 49.0. The Labute approximate surface area is 356 Å². The zero-order chi connectivity index (χ0) is 45.1. The summed E-state index contributed by atoms with van der Waals surface area (Å²) in [7, 11) is 1.43. The second kappa shape index (κ2) is 24.6. The number of benzene rings is 2. The van der Waals surface area contributed by atoms with Crippen molar-refractivity contribution >= 4 is 47.5 Å². The minimum absolute atomic E-state index is 0.0152. The number of aromatic hydroxyl groups is 1. The molecule has 1 saturated heterocycles. The van der Waals surface area contributed by atoms with Gasteiger partial charge in [0.25, 0.3) is 0 Å². The number of guanidine groups is 1. The maximum atomic E-state index is 14.2. The lowest BCUT2D eigenvalue weighted by Gasteiger charge is -2.32. The minimum Gasteiger partial charge on any atom is -0.508 e. The number of phenolic OH excluding ortho intramolecular Hbond substituents is 1. The zero-order valence-electron chi connectivity index (χ0n) is 35.3. The molecular weight excluding hydrogens is 789 g/mol. The van der Waals surface area contributed by atoms with Crippen LogP contribution in [0.1, 0.15) is 76.8 Å². The molecule has 1 fully saturated rings. The molecule has 0 aliphatic carbocycles. The van der Waals surface area contributed by atoms with Crippen molar-refractivity contribution in [3.63, 3.8) is 0 Å². The normalized spacial score (nSPS) is 22.1. The van der Waals surface area contributed by atoms with Gasteiger partial charge < -0.3 is 58.5 Å². The number of phenols is 1. The summed E-state index contributed by atoms with van der Waals surface area (Å²) < 4.78 is 0. The Bertz CT molecular complexity index is 1820. The van der Waals surface area contributed by atoms with Crippen LogP contribution in [-0.2, 0) is 41.6 Å². The molecule has 0 bridgehead atoms. The Morgan fingerprint density at radius 2 is 1.57 bits per heavy atom. The molecule has 19 nitrogen and oxygen atoms in total. The van der Waals surface area contributed by atoms with Gasteiger partial charge in [-0.25, -0.2) is 9.59 Å². The van der Waals surface area contributed by atoms with E-state index in [0.29, 0.717) is 19.3 Å². The van der Waals surface area contributed by atoms with Crippen molar-refractivity contribution < 1.29 is 43.8 Å². The van der Waals surface area contributed by atoms with Gasteiger partial charge in [0.1, 0.15) is 42.0 Å². The Hall–Kier alpha value is -6.40. The van der Waals surface area contributed by atoms with E-state index < -0.39 is 83.7 Å². The van der Waals surface area contributed by atoms with Gasteiger partial charge in [0, 0.05) is 26.6 Å². The molecule has 0 radical (unpaired) electrons. The molecular formula is C42H62N10O9. The van der Waals surface area contributed by atoms with Gasteiger partial charge in [-0.05, 0) is 81.0 Å². The van der Waals surface area contributed by atoms with Crippen LogP contribution in [0.5, 0.6) is 5.75 Å². The second-order valence-electron chi connectivity index (χ2n) is 15.3. The van der Waals surface area contributed by atoms with Crippen LogP contribution in [0, 0.1) is 5.92 Å². The predicted octanol–water partition coefficient (Wildman–Crippen LogP) is 0.390. The van der Waals surface area contributed by atoms with Gasteiger partial charge in [0.2, 0.25) is 29.5 Å². The number of rotatable bonds is 14. The molecule has 1 aliphatic heterocycles. The molecule has 1 aliphatic rings. The zero-order valence-corrected chi connectivity index (χ0v) is 35.3. The fourth-order valence-electron chi connectivity index (χ4n) is 6.61. The number of amides is 7. The lowest BCUT2D eigenvalue weighted by Crippen LogP contribution is -2.60. The van der Waals surface area contributed by atoms with Gasteiger partial charge in [-0.3, -0.25) is 29.0 Å². The minimum atomic E-state index is -1.34. The molecule has 7 atom stereocenters. The highest BCUT2D eigenvalue weighted by Gasteiger charge is 2.36. The predicted molar refractivity (Wildman–Crippen MR) is 228 cm³/mol. The average molecular weight is 851 g/mol. The first-order valence-corrected chi connectivity index (χ1v) is 20.6. The van der Waals surface area contributed by atoms with Crippen molar-refractivity contribution in [1.82, 2.24) is 36.8 Å². The molecule has 0 saturated carbocycles. The third-order valence-corrected chi connectivity index (χ3v) is 10.7. The van der Waals surface area contributed by atoms with Crippen LogP contribution in [0.3, 0.4) is 0 Å². The van der Waals surface area contributed by atoms with Crippen molar-refractivity contribution in [2.24, 2.45) is 22.4 Å². The van der Waals surface area contributed by atoms with Gasteiger partial charge in [-0.1, -0.05) is 62.7 Å².